The molecule has 0 aromatic heterocycles. The fourth-order valence-corrected chi connectivity index (χ4v) is 4.23. The third kappa shape index (κ3) is 4.87. The Kier molecular flexibility index (Phi) is 6.50. The summed E-state index contributed by atoms with van der Waals surface area (Å²) in [4.78, 5) is 14.2. The zero-order chi connectivity index (χ0) is 19.4. The number of halogens is 1. The highest BCUT2D eigenvalue weighted by Gasteiger charge is 2.46. The predicted octanol–water partition coefficient (Wildman–Crippen LogP) is 3.89. The lowest BCUT2D eigenvalue weighted by atomic mass is 9.74. The Morgan fingerprint density at radius 1 is 1.22 bits per heavy atom. The maximum atomic E-state index is 12.2. The van der Waals surface area contributed by atoms with Gasteiger partial charge in [0, 0.05) is 41.2 Å². The van der Waals surface area contributed by atoms with Gasteiger partial charge in [0.25, 0.3) is 0 Å². The lowest BCUT2D eigenvalue weighted by Gasteiger charge is -2.54. The predicted molar refractivity (Wildman–Crippen MR) is 110 cm³/mol. The molecule has 4 fully saturated rings. The molecular formula is C20H30ClN5O. The van der Waals surface area contributed by atoms with E-state index in [4.69, 9.17) is 23.2 Å². The van der Waals surface area contributed by atoms with E-state index in [1.807, 2.05) is 17.0 Å². The van der Waals surface area contributed by atoms with Crippen molar-refractivity contribution in [2.24, 2.45) is 17.5 Å². The molecule has 1 aromatic carbocycles. The molecule has 7 heteroatoms. The Morgan fingerprint density at radius 2 is 1.85 bits per heavy atom. The first-order valence-corrected chi connectivity index (χ1v) is 10.1. The second-order valence-corrected chi connectivity index (χ2v) is 8.27. The quantitative estimate of drug-likeness (QED) is 0.538. The number of carbonyl (C=O) groups excluding carboxylic acids is 1. The van der Waals surface area contributed by atoms with Crippen molar-refractivity contribution in [1.29, 1.82) is 0 Å². The minimum Gasteiger partial charge on any atom is -0.403 e. The number of nitrogens with two attached hydrogens (primary N) is 2. The molecule has 5 N–H and O–H groups in total. The van der Waals surface area contributed by atoms with E-state index in [9.17, 15) is 4.79 Å². The number of hydrogen-bond donors (Lipinski definition) is 3. The van der Waals surface area contributed by atoms with Gasteiger partial charge in [-0.3, -0.25) is 0 Å². The normalized spacial score (nSPS) is 26.5. The first-order chi connectivity index (χ1) is 13.0. The number of anilines is 1. The molecule has 2 atom stereocenters. The van der Waals surface area contributed by atoms with Crippen LogP contribution in [0.3, 0.4) is 0 Å². The lowest BCUT2D eigenvalue weighted by molar-refractivity contribution is -0.00600. The number of carbonyl (C=O) groups is 1. The van der Waals surface area contributed by atoms with Crippen molar-refractivity contribution in [3.05, 3.63) is 41.7 Å². The number of piperidine rings is 1. The van der Waals surface area contributed by atoms with Crippen LogP contribution in [0.1, 0.15) is 45.4 Å². The number of nitrogens with zero attached hydrogens (tertiary/aromatic N) is 2. The third-order valence-corrected chi connectivity index (χ3v) is 6.02. The van der Waals surface area contributed by atoms with E-state index in [0.29, 0.717) is 23.1 Å². The number of fused-ring (bicyclic) bond motifs is 2. The largest absolute Gasteiger partial charge is 0.403 e. The van der Waals surface area contributed by atoms with Crippen molar-refractivity contribution in [3.63, 3.8) is 0 Å². The molecule has 0 spiro atoms. The average Bonchev–Trinajstić information content (AvgIpc) is 2.56. The zero-order valence-electron chi connectivity index (χ0n) is 15.9. The van der Waals surface area contributed by atoms with Crippen LogP contribution in [-0.4, -0.2) is 34.1 Å². The molecule has 2 aliphatic heterocycles. The monoisotopic (exact) mass is 391 g/mol. The highest BCUT2D eigenvalue weighted by molar-refractivity contribution is 6.30. The van der Waals surface area contributed by atoms with Crippen LogP contribution in [0.25, 0.3) is 0 Å². The van der Waals surface area contributed by atoms with Crippen molar-refractivity contribution in [2.45, 2.75) is 63.6 Å². The van der Waals surface area contributed by atoms with Crippen LogP contribution in [0.15, 0.2) is 36.7 Å². The van der Waals surface area contributed by atoms with Crippen LogP contribution in [0.5, 0.6) is 0 Å². The van der Waals surface area contributed by atoms with Gasteiger partial charge in [-0.1, -0.05) is 18.5 Å². The number of benzene rings is 1. The van der Waals surface area contributed by atoms with Crippen molar-refractivity contribution in [1.82, 2.24) is 9.91 Å². The molecule has 0 radical (unpaired) electrons. The van der Waals surface area contributed by atoms with E-state index in [-0.39, 0.29) is 6.03 Å². The summed E-state index contributed by atoms with van der Waals surface area (Å²) in [5.41, 5.74) is 5.95. The second kappa shape index (κ2) is 8.85. The van der Waals surface area contributed by atoms with Crippen LogP contribution in [0.4, 0.5) is 10.5 Å². The first kappa shape index (κ1) is 19.8. The molecule has 5 rings (SSSR count). The Labute approximate surface area is 166 Å². The van der Waals surface area contributed by atoms with Crippen LogP contribution >= 0.6 is 11.6 Å². The van der Waals surface area contributed by atoms with Gasteiger partial charge in [-0.25, -0.2) is 10.6 Å². The van der Waals surface area contributed by atoms with Crippen LogP contribution in [-0.2, 0) is 0 Å². The van der Waals surface area contributed by atoms with Gasteiger partial charge in [0.1, 0.15) is 0 Å². The molecule has 2 saturated heterocycles. The molecule has 2 saturated carbocycles. The van der Waals surface area contributed by atoms with Gasteiger partial charge in [0.05, 0.1) is 0 Å². The summed E-state index contributed by atoms with van der Waals surface area (Å²) < 4.78 is 0. The van der Waals surface area contributed by atoms with E-state index in [1.165, 1.54) is 31.9 Å². The average molecular weight is 392 g/mol. The molecule has 2 aliphatic carbocycles. The topological polar surface area (TPSA) is 87.6 Å². The number of hydrazine groups is 1. The van der Waals surface area contributed by atoms with Crippen LogP contribution in [0.2, 0.25) is 5.02 Å². The molecule has 2 amide bonds. The third-order valence-electron chi connectivity index (χ3n) is 5.76. The Morgan fingerprint density at radius 3 is 2.37 bits per heavy atom. The summed E-state index contributed by atoms with van der Waals surface area (Å²) in [7, 11) is 0. The fraction of sp³-hybridized carbons (Fsp3) is 0.550. The molecule has 2 unspecified atom stereocenters. The zero-order valence-corrected chi connectivity index (χ0v) is 16.6. The van der Waals surface area contributed by atoms with Gasteiger partial charge in [-0.15, -0.1) is 0 Å². The lowest BCUT2D eigenvalue weighted by Crippen LogP contribution is -2.63. The number of rotatable bonds is 3. The molecule has 4 aliphatic rings. The molecular weight excluding hydrogens is 362 g/mol. The maximum Gasteiger partial charge on any atom is 0.322 e. The molecule has 148 valence electrons. The highest BCUT2D eigenvalue weighted by Crippen LogP contribution is 2.41. The van der Waals surface area contributed by atoms with E-state index in [2.05, 4.69) is 12.2 Å². The van der Waals surface area contributed by atoms with Gasteiger partial charge in [0.15, 0.2) is 0 Å². The maximum absolute atomic E-state index is 12.2. The smallest absolute Gasteiger partial charge is 0.322 e. The van der Waals surface area contributed by atoms with Gasteiger partial charge in [-0.05, 0) is 68.7 Å². The van der Waals surface area contributed by atoms with Gasteiger partial charge < -0.3 is 21.0 Å². The summed E-state index contributed by atoms with van der Waals surface area (Å²) in [5, 5.41) is 5.31. The Hall–Kier alpha value is -1.92. The second-order valence-electron chi connectivity index (χ2n) is 7.84. The number of urea groups is 1. The summed E-state index contributed by atoms with van der Waals surface area (Å²) in [6.45, 7) is 2.27. The van der Waals surface area contributed by atoms with E-state index >= 15 is 0 Å². The minimum absolute atomic E-state index is 0.0328. The fourth-order valence-electron chi connectivity index (χ4n) is 4.10. The summed E-state index contributed by atoms with van der Waals surface area (Å²) in [6, 6.07) is 8.72. The van der Waals surface area contributed by atoms with E-state index in [1.54, 1.807) is 23.3 Å². The van der Waals surface area contributed by atoms with Crippen molar-refractivity contribution in [2.75, 3.05) is 5.32 Å². The SMILES string of the molecule is CC1CC2CC(C1)N2C(=O)Nc1ccc(Cl)cc1.N/C=C\N(N)C1CCC1. The Balaban J connectivity index is 0.000000197. The van der Waals surface area contributed by atoms with Crippen LogP contribution in [0, 0.1) is 5.92 Å². The highest BCUT2D eigenvalue weighted by atomic mass is 35.5. The van der Waals surface area contributed by atoms with E-state index in [0.717, 1.165) is 24.4 Å². The van der Waals surface area contributed by atoms with Gasteiger partial charge >= 0.3 is 6.03 Å². The van der Waals surface area contributed by atoms with Gasteiger partial charge in [0.2, 0.25) is 0 Å². The molecule has 6 nitrogen and oxygen atoms in total. The number of hydrogen-bond acceptors (Lipinski definition) is 4. The van der Waals surface area contributed by atoms with Crippen molar-refractivity contribution < 1.29 is 4.79 Å². The molecule has 1 aromatic rings. The van der Waals surface area contributed by atoms with Crippen molar-refractivity contribution in [3.8, 4) is 0 Å². The standard InChI is InChI=1S/C14H17ClN2O.C6H13N3/c1-9-6-12-8-13(7-9)17(12)14(18)16-11-4-2-10(15)3-5-11;7-4-5-9(8)6-2-1-3-6/h2-5,9,12-13H,6-8H2,1H3,(H,16,18);4-6H,1-3,7-8H2/b;5-4-. The number of nitrogens with one attached hydrogen (secondary N) is 1. The summed E-state index contributed by atoms with van der Waals surface area (Å²) >= 11 is 5.82. The molecule has 27 heavy (non-hydrogen) atoms. The van der Waals surface area contributed by atoms with Gasteiger partial charge in [-0.2, -0.15) is 0 Å². The molecule has 2 bridgehead atoms. The van der Waals surface area contributed by atoms with Crippen molar-refractivity contribution >= 4 is 23.3 Å². The summed E-state index contributed by atoms with van der Waals surface area (Å²) in [5.74, 6) is 6.31. The number of amides is 2. The Bertz CT molecular complexity index is 649. The minimum atomic E-state index is 0.0328. The summed E-state index contributed by atoms with van der Waals surface area (Å²) in [6.07, 6.45) is 10.4. The van der Waals surface area contributed by atoms with E-state index < -0.39 is 0 Å². The van der Waals surface area contributed by atoms with Crippen LogP contribution < -0.4 is 16.9 Å². The molecule has 2 heterocycles. The first-order valence-electron chi connectivity index (χ1n) is 9.74.